The van der Waals surface area contributed by atoms with Crippen molar-refractivity contribution < 1.29 is 9.53 Å². The lowest BCUT2D eigenvalue weighted by molar-refractivity contribution is 0.0515. The van der Waals surface area contributed by atoms with Crippen molar-refractivity contribution in [2.24, 2.45) is 0 Å². The van der Waals surface area contributed by atoms with Crippen LogP contribution in [0.25, 0.3) is 0 Å². The summed E-state index contributed by atoms with van der Waals surface area (Å²) in [6.45, 7) is 1.16. The smallest absolute Gasteiger partial charge is 0.316 e. The van der Waals surface area contributed by atoms with Crippen LogP contribution in [0.3, 0.4) is 0 Å². The van der Waals surface area contributed by atoms with E-state index in [4.69, 9.17) is 10.00 Å². The van der Waals surface area contributed by atoms with E-state index in [2.05, 4.69) is 32.0 Å². The first-order valence-electron chi connectivity index (χ1n) is 7.59. The largest absolute Gasteiger partial charge is 0.458 e. The molecule has 1 atom stereocenters. The Morgan fingerprint density at radius 3 is 2.92 bits per heavy atom. The highest BCUT2D eigenvalue weighted by Crippen LogP contribution is 2.18. The number of aromatic nitrogens is 2. The summed E-state index contributed by atoms with van der Waals surface area (Å²) < 4.78 is 6.57. The third-order valence-electron chi connectivity index (χ3n) is 3.77. The van der Waals surface area contributed by atoms with Crippen LogP contribution >= 0.6 is 15.9 Å². The zero-order chi connectivity index (χ0) is 16.9. The van der Waals surface area contributed by atoms with Crippen molar-refractivity contribution in [3.63, 3.8) is 0 Å². The highest BCUT2D eigenvalue weighted by molar-refractivity contribution is 9.10. The van der Waals surface area contributed by atoms with Crippen LogP contribution in [0.2, 0.25) is 0 Å². The van der Waals surface area contributed by atoms with Crippen LogP contribution < -0.4 is 4.74 Å². The van der Waals surface area contributed by atoms with E-state index < -0.39 is 0 Å². The van der Waals surface area contributed by atoms with E-state index >= 15 is 0 Å². The quantitative estimate of drug-likeness (QED) is 0.809. The Morgan fingerprint density at radius 2 is 2.17 bits per heavy atom. The van der Waals surface area contributed by atoms with Crippen molar-refractivity contribution >= 4 is 21.8 Å². The number of nitriles is 1. The van der Waals surface area contributed by atoms with E-state index in [-0.39, 0.29) is 12.0 Å². The number of carbonyl (C=O) groups is 1. The first-order valence-corrected chi connectivity index (χ1v) is 8.38. The second kappa shape index (κ2) is 7.41. The summed E-state index contributed by atoms with van der Waals surface area (Å²) in [6, 6.07) is 9.11. The fourth-order valence-electron chi connectivity index (χ4n) is 2.63. The number of rotatable bonds is 3. The van der Waals surface area contributed by atoms with Gasteiger partial charge in [0.1, 0.15) is 6.10 Å². The third-order valence-corrected chi connectivity index (χ3v) is 4.18. The first-order chi connectivity index (χ1) is 11.7. The molecule has 1 aromatic carbocycles. The molecule has 2 heterocycles. The molecule has 6 nitrogen and oxygen atoms in total. The molecule has 122 valence electrons. The highest BCUT2D eigenvalue weighted by atomic mass is 79.9. The van der Waals surface area contributed by atoms with Gasteiger partial charge >= 0.3 is 6.01 Å². The molecule has 0 spiro atoms. The summed E-state index contributed by atoms with van der Waals surface area (Å²) in [5.41, 5.74) is 1.00. The van der Waals surface area contributed by atoms with Crippen molar-refractivity contribution in [2.75, 3.05) is 13.1 Å². The van der Waals surface area contributed by atoms with Gasteiger partial charge in [-0.1, -0.05) is 6.07 Å². The SMILES string of the molecule is N#Cc1cccc(C(=O)N2CCCC(Oc3ncc(Br)cn3)C2)c1. The zero-order valence-electron chi connectivity index (χ0n) is 12.9. The van der Waals surface area contributed by atoms with Gasteiger partial charge in [-0.05, 0) is 47.0 Å². The van der Waals surface area contributed by atoms with Crippen LogP contribution in [0, 0.1) is 11.3 Å². The van der Waals surface area contributed by atoms with Crippen molar-refractivity contribution in [3.05, 3.63) is 52.3 Å². The molecule has 1 amide bonds. The molecule has 7 heteroatoms. The number of hydrogen-bond donors (Lipinski definition) is 0. The minimum Gasteiger partial charge on any atom is -0.458 e. The molecule has 0 aliphatic carbocycles. The Morgan fingerprint density at radius 1 is 1.38 bits per heavy atom. The van der Waals surface area contributed by atoms with Gasteiger partial charge in [0.15, 0.2) is 0 Å². The second-order valence-corrected chi connectivity index (χ2v) is 6.43. The van der Waals surface area contributed by atoms with Crippen molar-refractivity contribution in [2.45, 2.75) is 18.9 Å². The molecule has 1 aliphatic rings. The average molecular weight is 387 g/mol. The standard InChI is InChI=1S/C17H15BrN4O2/c18-14-9-20-17(21-10-14)24-15-5-2-6-22(11-15)16(23)13-4-1-3-12(7-13)8-19/h1,3-4,7,9-10,15H,2,5-6,11H2. The van der Waals surface area contributed by atoms with Crippen LogP contribution in [0.4, 0.5) is 0 Å². The van der Waals surface area contributed by atoms with Crippen LogP contribution in [-0.2, 0) is 0 Å². The summed E-state index contributed by atoms with van der Waals surface area (Å²) in [4.78, 5) is 22.6. The van der Waals surface area contributed by atoms with E-state index in [1.54, 1.807) is 41.6 Å². The Bertz CT molecular complexity index is 773. The number of amides is 1. The van der Waals surface area contributed by atoms with Crippen molar-refractivity contribution in [1.29, 1.82) is 5.26 Å². The molecule has 0 bridgehead atoms. The molecule has 1 aliphatic heterocycles. The Balaban J connectivity index is 1.67. The molecule has 24 heavy (non-hydrogen) atoms. The Hall–Kier alpha value is -2.46. The van der Waals surface area contributed by atoms with Gasteiger partial charge in [0, 0.05) is 24.5 Å². The minimum atomic E-state index is -0.136. The summed E-state index contributed by atoms with van der Waals surface area (Å²) >= 11 is 3.28. The van der Waals surface area contributed by atoms with Gasteiger partial charge in [0.25, 0.3) is 5.91 Å². The molecule has 3 rings (SSSR count). The lowest BCUT2D eigenvalue weighted by Gasteiger charge is -2.32. The topological polar surface area (TPSA) is 79.1 Å². The molecule has 1 fully saturated rings. The van der Waals surface area contributed by atoms with Gasteiger partial charge in [0.05, 0.1) is 22.7 Å². The predicted octanol–water partition coefficient (Wildman–Crippen LogP) is 2.79. The number of piperidine rings is 1. The molecule has 1 unspecified atom stereocenters. The van der Waals surface area contributed by atoms with Gasteiger partial charge in [-0.25, -0.2) is 9.97 Å². The molecule has 0 radical (unpaired) electrons. The third kappa shape index (κ3) is 3.89. The molecular formula is C17H15BrN4O2. The molecule has 1 saturated heterocycles. The fourth-order valence-corrected chi connectivity index (χ4v) is 2.84. The van der Waals surface area contributed by atoms with E-state index in [0.29, 0.717) is 30.2 Å². The average Bonchev–Trinajstić information content (AvgIpc) is 2.63. The fraction of sp³-hybridized carbons (Fsp3) is 0.294. The van der Waals surface area contributed by atoms with E-state index in [0.717, 1.165) is 17.3 Å². The summed E-state index contributed by atoms with van der Waals surface area (Å²) in [5.74, 6) is -0.0860. The molecule has 2 aromatic rings. The first kappa shape index (κ1) is 16.4. The van der Waals surface area contributed by atoms with Crippen LogP contribution in [0.15, 0.2) is 41.1 Å². The highest BCUT2D eigenvalue weighted by Gasteiger charge is 2.26. The Kier molecular flexibility index (Phi) is 5.06. The van der Waals surface area contributed by atoms with Gasteiger partial charge in [-0.15, -0.1) is 0 Å². The van der Waals surface area contributed by atoms with Gasteiger partial charge in [-0.2, -0.15) is 5.26 Å². The number of benzene rings is 1. The second-order valence-electron chi connectivity index (χ2n) is 5.51. The van der Waals surface area contributed by atoms with E-state index in [1.807, 2.05) is 0 Å². The summed E-state index contributed by atoms with van der Waals surface area (Å²) in [6.07, 6.45) is 4.82. The maximum absolute atomic E-state index is 12.6. The normalized spacial score (nSPS) is 17.2. The Labute approximate surface area is 148 Å². The molecular weight excluding hydrogens is 372 g/mol. The number of nitrogens with zero attached hydrogens (tertiary/aromatic N) is 4. The van der Waals surface area contributed by atoms with E-state index in [1.165, 1.54) is 0 Å². The van der Waals surface area contributed by atoms with Crippen LogP contribution in [0.5, 0.6) is 6.01 Å². The van der Waals surface area contributed by atoms with Gasteiger partial charge < -0.3 is 9.64 Å². The maximum atomic E-state index is 12.6. The summed E-state index contributed by atoms with van der Waals surface area (Å²) in [5, 5.41) is 8.97. The minimum absolute atomic E-state index is 0.0860. The maximum Gasteiger partial charge on any atom is 0.316 e. The zero-order valence-corrected chi connectivity index (χ0v) is 14.4. The molecule has 1 aromatic heterocycles. The van der Waals surface area contributed by atoms with Crippen LogP contribution in [0.1, 0.15) is 28.8 Å². The van der Waals surface area contributed by atoms with Gasteiger partial charge in [0.2, 0.25) is 0 Å². The van der Waals surface area contributed by atoms with Crippen LogP contribution in [-0.4, -0.2) is 40.0 Å². The monoisotopic (exact) mass is 386 g/mol. The number of halogens is 1. The molecule has 0 saturated carbocycles. The molecule has 0 N–H and O–H groups in total. The number of carbonyl (C=O) groups excluding carboxylic acids is 1. The summed E-state index contributed by atoms with van der Waals surface area (Å²) in [7, 11) is 0. The van der Waals surface area contributed by atoms with Crippen molar-refractivity contribution in [1.82, 2.24) is 14.9 Å². The number of hydrogen-bond acceptors (Lipinski definition) is 5. The van der Waals surface area contributed by atoms with Gasteiger partial charge in [-0.3, -0.25) is 4.79 Å². The number of ether oxygens (including phenoxy) is 1. The lowest BCUT2D eigenvalue weighted by atomic mass is 10.1. The van der Waals surface area contributed by atoms with Crippen molar-refractivity contribution in [3.8, 4) is 12.1 Å². The lowest BCUT2D eigenvalue weighted by Crippen LogP contribution is -2.44. The van der Waals surface area contributed by atoms with E-state index in [9.17, 15) is 4.79 Å². The number of likely N-dealkylation sites (tertiary alicyclic amines) is 1. The predicted molar refractivity (Wildman–Crippen MR) is 90.4 cm³/mol.